The van der Waals surface area contributed by atoms with E-state index in [-0.39, 0.29) is 17.2 Å². The Labute approximate surface area is 152 Å². The molecule has 0 bridgehead atoms. The molecule has 0 aliphatic carbocycles. The molecule has 0 atom stereocenters. The molecular weight excluding hydrogens is 361 g/mol. The molecule has 27 heavy (non-hydrogen) atoms. The number of piperazine rings is 1. The number of imidazole rings is 1. The number of rotatable bonds is 3. The fourth-order valence-electron chi connectivity index (χ4n) is 3.20. The average Bonchev–Trinajstić information content (AvgIpc) is 3.10. The molecule has 0 radical (unpaired) electrons. The molecule has 0 saturated carbocycles. The van der Waals surface area contributed by atoms with Gasteiger partial charge in [0.15, 0.2) is 11.5 Å². The van der Waals surface area contributed by atoms with Gasteiger partial charge in [-0.2, -0.15) is 13.2 Å². The summed E-state index contributed by atoms with van der Waals surface area (Å²) in [4.78, 5) is 18.0. The summed E-state index contributed by atoms with van der Waals surface area (Å²) in [5, 5.41) is 9.56. The van der Waals surface area contributed by atoms with Crippen molar-refractivity contribution >= 4 is 17.0 Å². The van der Waals surface area contributed by atoms with Gasteiger partial charge in [-0.05, 0) is 17.7 Å². The molecule has 142 valence electrons. The molecule has 3 aromatic rings. The van der Waals surface area contributed by atoms with Crippen LogP contribution in [-0.2, 0) is 12.7 Å². The Kier molecular flexibility index (Phi) is 4.34. The number of phenols is 1. The van der Waals surface area contributed by atoms with Crippen LogP contribution in [0.2, 0.25) is 0 Å². The second-order valence-corrected chi connectivity index (χ2v) is 6.40. The maximum atomic E-state index is 13.1. The number of benzene rings is 1. The fourth-order valence-corrected chi connectivity index (χ4v) is 3.20. The minimum atomic E-state index is -4.63. The zero-order valence-electron chi connectivity index (χ0n) is 14.2. The van der Waals surface area contributed by atoms with E-state index in [1.807, 2.05) is 11.0 Å². The van der Waals surface area contributed by atoms with Crippen LogP contribution in [0.3, 0.4) is 0 Å². The summed E-state index contributed by atoms with van der Waals surface area (Å²) in [6.07, 6.45) is -3.31. The van der Waals surface area contributed by atoms with Crippen LogP contribution in [0.15, 0.2) is 30.6 Å². The van der Waals surface area contributed by atoms with E-state index in [1.54, 1.807) is 18.2 Å². The van der Waals surface area contributed by atoms with Crippen LogP contribution in [0.1, 0.15) is 11.4 Å². The fraction of sp³-hybridized carbons (Fsp3) is 0.353. The van der Waals surface area contributed by atoms with Crippen molar-refractivity contribution in [3.63, 3.8) is 0 Å². The Hall–Kier alpha value is -2.88. The van der Waals surface area contributed by atoms with Gasteiger partial charge in [0.1, 0.15) is 11.3 Å². The van der Waals surface area contributed by atoms with Crippen molar-refractivity contribution in [3.8, 4) is 5.75 Å². The molecule has 4 rings (SSSR count). The molecule has 2 N–H and O–H groups in total. The van der Waals surface area contributed by atoms with E-state index in [1.165, 1.54) is 6.33 Å². The third-order valence-electron chi connectivity index (χ3n) is 4.51. The van der Waals surface area contributed by atoms with Crippen molar-refractivity contribution in [2.45, 2.75) is 12.7 Å². The van der Waals surface area contributed by atoms with Crippen molar-refractivity contribution in [1.29, 1.82) is 0 Å². The molecule has 7 nitrogen and oxygen atoms in total. The highest BCUT2D eigenvalue weighted by molar-refractivity contribution is 5.83. The molecule has 0 amide bonds. The highest BCUT2D eigenvalue weighted by Gasteiger charge is 2.36. The van der Waals surface area contributed by atoms with Gasteiger partial charge in [-0.3, -0.25) is 4.90 Å². The number of anilines is 1. The van der Waals surface area contributed by atoms with Crippen molar-refractivity contribution in [2.75, 3.05) is 31.1 Å². The van der Waals surface area contributed by atoms with Crippen molar-refractivity contribution in [1.82, 2.24) is 24.8 Å². The zero-order valence-corrected chi connectivity index (χ0v) is 14.2. The summed E-state index contributed by atoms with van der Waals surface area (Å²) in [6.45, 7) is 3.05. The largest absolute Gasteiger partial charge is 0.508 e. The number of hydrogen-bond donors (Lipinski definition) is 2. The molecule has 1 fully saturated rings. The number of aromatic nitrogens is 4. The smallest absolute Gasteiger partial charge is 0.451 e. The number of nitrogens with one attached hydrogen (secondary N) is 1. The molecule has 1 saturated heterocycles. The maximum Gasteiger partial charge on any atom is 0.451 e. The summed E-state index contributed by atoms with van der Waals surface area (Å²) in [6, 6.07) is 7.04. The topological polar surface area (TPSA) is 81.2 Å². The second kappa shape index (κ2) is 6.69. The van der Waals surface area contributed by atoms with Crippen LogP contribution < -0.4 is 4.90 Å². The van der Waals surface area contributed by atoms with E-state index < -0.39 is 12.0 Å². The van der Waals surface area contributed by atoms with Gasteiger partial charge in [0.25, 0.3) is 0 Å². The summed E-state index contributed by atoms with van der Waals surface area (Å²) >= 11 is 0. The van der Waals surface area contributed by atoms with Crippen LogP contribution in [0.25, 0.3) is 11.2 Å². The Bertz CT molecular complexity index is 949. The Morgan fingerprint density at radius 2 is 1.89 bits per heavy atom. The monoisotopic (exact) mass is 378 g/mol. The first-order valence-electron chi connectivity index (χ1n) is 8.44. The summed E-state index contributed by atoms with van der Waals surface area (Å²) in [7, 11) is 0. The van der Waals surface area contributed by atoms with Crippen LogP contribution >= 0.6 is 0 Å². The molecule has 1 aromatic carbocycles. The number of fused-ring (bicyclic) bond motifs is 1. The number of nitrogens with zero attached hydrogens (tertiary/aromatic N) is 5. The van der Waals surface area contributed by atoms with Gasteiger partial charge >= 0.3 is 6.18 Å². The van der Waals surface area contributed by atoms with E-state index >= 15 is 0 Å². The van der Waals surface area contributed by atoms with Crippen molar-refractivity contribution < 1.29 is 18.3 Å². The van der Waals surface area contributed by atoms with Gasteiger partial charge in [-0.1, -0.05) is 12.1 Å². The highest BCUT2D eigenvalue weighted by atomic mass is 19.4. The second-order valence-electron chi connectivity index (χ2n) is 6.40. The number of halogens is 3. The Balaban J connectivity index is 1.52. The molecule has 10 heteroatoms. The van der Waals surface area contributed by atoms with E-state index in [9.17, 15) is 18.3 Å². The standard InChI is InChI=1S/C17H17F3N6O/c18-17(19,20)16-23-14-13(21-10-22-14)15(24-16)26-6-4-25(5-7-26)9-11-2-1-3-12(27)8-11/h1-3,8,10,27H,4-7,9H2,(H,21,22,23,24). The molecular formula is C17H17F3N6O. The Morgan fingerprint density at radius 3 is 2.59 bits per heavy atom. The van der Waals surface area contributed by atoms with Gasteiger partial charge in [0, 0.05) is 32.7 Å². The van der Waals surface area contributed by atoms with Crippen LogP contribution in [0.5, 0.6) is 5.75 Å². The van der Waals surface area contributed by atoms with Crippen molar-refractivity contribution in [2.24, 2.45) is 0 Å². The van der Waals surface area contributed by atoms with Crippen LogP contribution in [-0.4, -0.2) is 56.1 Å². The summed E-state index contributed by atoms with van der Waals surface area (Å²) in [5.41, 5.74) is 1.40. The normalized spacial score (nSPS) is 16.2. The number of phenolic OH excluding ortho intramolecular Hbond substituents is 1. The van der Waals surface area contributed by atoms with E-state index in [0.29, 0.717) is 38.2 Å². The number of aromatic hydroxyl groups is 1. The number of H-pyrrole nitrogens is 1. The SMILES string of the molecule is Oc1cccc(CN2CCN(c3nc(C(F)(F)F)nc4nc[nH]c34)CC2)c1. The minimum absolute atomic E-state index is 0.00881. The van der Waals surface area contributed by atoms with Crippen LogP contribution in [0, 0.1) is 0 Å². The first kappa shape index (κ1) is 17.5. The van der Waals surface area contributed by atoms with Gasteiger partial charge in [0.2, 0.25) is 5.82 Å². The van der Waals surface area contributed by atoms with Crippen LogP contribution in [0.4, 0.5) is 19.0 Å². The number of alkyl halides is 3. The van der Waals surface area contributed by atoms with E-state index in [4.69, 9.17) is 0 Å². The lowest BCUT2D eigenvalue weighted by Crippen LogP contribution is -2.46. The molecule has 1 aliphatic rings. The number of hydrogen-bond acceptors (Lipinski definition) is 6. The van der Waals surface area contributed by atoms with Crippen molar-refractivity contribution in [3.05, 3.63) is 42.0 Å². The molecule has 3 heterocycles. The lowest BCUT2D eigenvalue weighted by atomic mass is 10.2. The molecule has 0 spiro atoms. The highest BCUT2D eigenvalue weighted by Crippen LogP contribution is 2.31. The first-order chi connectivity index (χ1) is 12.9. The third kappa shape index (κ3) is 3.65. The number of aromatic amines is 1. The van der Waals surface area contributed by atoms with Gasteiger partial charge in [0.05, 0.1) is 6.33 Å². The first-order valence-corrected chi connectivity index (χ1v) is 8.44. The summed E-state index contributed by atoms with van der Waals surface area (Å²) < 4.78 is 39.3. The zero-order chi connectivity index (χ0) is 19.0. The maximum absolute atomic E-state index is 13.1. The lowest BCUT2D eigenvalue weighted by Gasteiger charge is -2.35. The summed E-state index contributed by atoms with van der Waals surface area (Å²) in [5.74, 6) is -0.741. The predicted molar refractivity (Wildman–Crippen MR) is 92.3 cm³/mol. The average molecular weight is 378 g/mol. The molecule has 2 aromatic heterocycles. The third-order valence-corrected chi connectivity index (χ3v) is 4.51. The molecule has 0 unspecified atom stereocenters. The molecule has 1 aliphatic heterocycles. The van der Waals surface area contributed by atoms with Gasteiger partial charge in [-0.15, -0.1) is 0 Å². The van der Waals surface area contributed by atoms with E-state index in [2.05, 4.69) is 24.8 Å². The predicted octanol–water partition coefficient (Wildman–Crippen LogP) is 2.40. The lowest BCUT2D eigenvalue weighted by molar-refractivity contribution is -0.144. The quantitative estimate of drug-likeness (QED) is 0.729. The Morgan fingerprint density at radius 1 is 1.11 bits per heavy atom. The van der Waals surface area contributed by atoms with E-state index in [0.717, 1.165) is 5.56 Å². The van der Waals surface area contributed by atoms with Gasteiger partial charge < -0.3 is 15.0 Å². The minimum Gasteiger partial charge on any atom is -0.508 e. The van der Waals surface area contributed by atoms with Gasteiger partial charge in [-0.25, -0.2) is 15.0 Å².